The molecule has 0 aliphatic heterocycles. The number of halogens is 1. The number of hydrogen-bond donors (Lipinski definition) is 2. The molecular formula is C10H12ClNO2. The van der Waals surface area contributed by atoms with E-state index in [4.69, 9.17) is 22.4 Å². The number of carboxylic acids is 1. The van der Waals surface area contributed by atoms with Crippen molar-refractivity contribution in [3.63, 3.8) is 0 Å². The molecule has 3 N–H and O–H groups in total. The van der Waals surface area contributed by atoms with Crippen molar-refractivity contribution < 1.29 is 9.90 Å². The first-order chi connectivity index (χ1) is 6.56. The van der Waals surface area contributed by atoms with E-state index < -0.39 is 11.9 Å². The summed E-state index contributed by atoms with van der Waals surface area (Å²) in [7, 11) is 0. The van der Waals surface area contributed by atoms with E-state index in [0.29, 0.717) is 22.7 Å². The fraction of sp³-hybridized carbons (Fsp3) is 0.300. The van der Waals surface area contributed by atoms with Crippen LogP contribution in [0.4, 0.5) is 5.69 Å². The van der Waals surface area contributed by atoms with Crippen LogP contribution < -0.4 is 5.73 Å². The Hall–Kier alpha value is -1.22. The lowest BCUT2D eigenvalue weighted by Gasteiger charge is -2.12. The largest absolute Gasteiger partial charge is 0.481 e. The molecule has 0 saturated carbocycles. The van der Waals surface area contributed by atoms with Gasteiger partial charge in [0.1, 0.15) is 0 Å². The monoisotopic (exact) mass is 213 g/mol. The maximum atomic E-state index is 10.9. The van der Waals surface area contributed by atoms with Gasteiger partial charge in [-0.3, -0.25) is 4.79 Å². The van der Waals surface area contributed by atoms with Gasteiger partial charge in [0.2, 0.25) is 0 Å². The number of nitrogens with two attached hydrogens (primary N) is 1. The quantitative estimate of drug-likeness (QED) is 0.759. The SMILES string of the molecule is CCC(C(=O)O)c1cc(Cl)ccc1N. The van der Waals surface area contributed by atoms with Gasteiger partial charge in [0.15, 0.2) is 0 Å². The molecule has 0 radical (unpaired) electrons. The Morgan fingerprint density at radius 3 is 2.79 bits per heavy atom. The van der Waals surface area contributed by atoms with E-state index in [9.17, 15) is 4.79 Å². The van der Waals surface area contributed by atoms with Crippen molar-refractivity contribution in [2.75, 3.05) is 5.73 Å². The molecule has 0 spiro atoms. The van der Waals surface area contributed by atoms with Gasteiger partial charge < -0.3 is 10.8 Å². The predicted octanol–water partition coefficient (Wildman–Crippen LogP) is 2.50. The maximum Gasteiger partial charge on any atom is 0.311 e. The Bertz CT molecular complexity index is 352. The minimum absolute atomic E-state index is 0.476. The summed E-state index contributed by atoms with van der Waals surface area (Å²) in [6.07, 6.45) is 0.500. The number of benzene rings is 1. The highest BCUT2D eigenvalue weighted by atomic mass is 35.5. The van der Waals surface area contributed by atoms with Crippen molar-refractivity contribution in [3.05, 3.63) is 28.8 Å². The molecule has 1 rings (SSSR count). The van der Waals surface area contributed by atoms with Crippen LogP contribution in [0.15, 0.2) is 18.2 Å². The molecule has 76 valence electrons. The van der Waals surface area contributed by atoms with E-state index in [0.717, 1.165) is 0 Å². The van der Waals surface area contributed by atoms with Gasteiger partial charge >= 0.3 is 5.97 Å². The van der Waals surface area contributed by atoms with E-state index in [1.165, 1.54) is 0 Å². The summed E-state index contributed by atoms with van der Waals surface area (Å²) < 4.78 is 0. The zero-order chi connectivity index (χ0) is 10.7. The lowest BCUT2D eigenvalue weighted by atomic mass is 9.95. The molecule has 1 atom stereocenters. The average molecular weight is 214 g/mol. The molecule has 1 aromatic rings. The van der Waals surface area contributed by atoms with Gasteiger partial charge in [-0.2, -0.15) is 0 Å². The van der Waals surface area contributed by atoms with Gasteiger partial charge in [-0.25, -0.2) is 0 Å². The molecule has 0 bridgehead atoms. The average Bonchev–Trinajstić information content (AvgIpc) is 2.11. The Morgan fingerprint density at radius 2 is 2.29 bits per heavy atom. The lowest BCUT2D eigenvalue weighted by molar-refractivity contribution is -0.138. The maximum absolute atomic E-state index is 10.9. The first kappa shape index (κ1) is 10.9. The molecule has 1 aromatic carbocycles. The standard InChI is InChI=1S/C10H12ClNO2/c1-2-7(10(13)14)8-5-6(11)3-4-9(8)12/h3-5,7H,2,12H2,1H3,(H,13,14). The first-order valence-corrected chi connectivity index (χ1v) is 4.71. The zero-order valence-corrected chi connectivity index (χ0v) is 8.58. The molecule has 14 heavy (non-hydrogen) atoms. The van der Waals surface area contributed by atoms with Crippen LogP contribution in [0.3, 0.4) is 0 Å². The number of carbonyl (C=O) groups is 1. The predicted molar refractivity (Wildman–Crippen MR) is 56.5 cm³/mol. The van der Waals surface area contributed by atoms with Gasteiger partial charge in [0.25, 0.3) is 0 Å². The Morgan fingerprint density at radius 1 is 1.64 bits per heavy atom. The summed E-state index contributed by atoms with van der Waals surface area (Å²) in [6, 6.07) is 4.89. The summed E-state index contributed by atoms with van der Waals surface area (Å²) >= 11 is 5.77. The molecule has 0 aromatic heterocycles. The molecule has 3 nitrogen and oxygen atoms in total. The number of hydrogen-bond acceptors (Lipinski definition) is 2. The van der Waals surface area contributed by atoms with Crippen molar-refractivity contribution in [2.24, 2.45) is 0 Å². The minimum Gasteiger partial charge on any atom is -0.481 e. The second kappa shape index (κ2) is 4.33. The van der Waals surface area contributed by atoms with E-state index in [1.807, 2.05) is 0 Å². The molecule has 0 aliphatic rings. The van der Waals surface area contributed by atoms with E-state index >= 15 is 0 Å². The second-order valence-electron chi connectivity index (χ2n) is 3.07. The Labute approximate surface area is 87.5 Å². The molecule has 0 saturated heterocycles. The summed E-state index contributed by atoms with van der Waals surface area (Å²) in [5.74, 6) is -1.45. The fourth-order valence-electron chi connectivity index (χ4n) is 1.37. The summed E-state index contributed by atoms with van der Waals surface area (Å²) in [6.45, 7) is 1.80. The van der Waals surface area contributed by atoms with Crippen LogP contribution in [0.5, 0.6) is 0 Å². The molecular weight excluding hydrogens is 202 g/mol. The van der Waals surface area contributed by atoms with Gasteiger partial charge in [-0.1, -0.05) is 18.5 Å². The normalized spacial score (nSPS) is 12.4. The lowest BCUT2D eigenvalue weighted by Crippen LogP contribution is -2.12. The number of nitrogen functional groups attached to an aromatic ring is 1. The summed E-state index contributed by atoms with van der Waals surface area (Å²) in [4.78, 5) is 10.9. The van der Waals surface area contributed by atoms with Crippen LogP contribution in [-0.2, 0) is 4.79 Å². The summed E-state index contributed by atoms with van der Waals surface area (Å²) in [5, 5.41) is 9.45. The van der Waals surface area contributed by atoms with Crippen LogP contribution in [0.2, 0.25) is 5.02 Å². The number of rotatable bonds is 3. The third-order valence-electron chi connectivity index (χ3n) is 2.13. The number of aliphatic carboxylic acids is 1. The molecule has 1 unspecified atom stereocenters. The van der Waals surface area contributed by atoms with Gasteiger partial charge in [0, 0.05) is 10.7 Å². The van der Waals surface area contributed by atoms with Crippen LogP contribution in [0.1, 0.15) is 24.8 Å². The Balaban J connectivity index is 3.15. The van der Waals surface area contributed by atoms with Crippen molar-refractivity contribution in [1.29, 1.82) is 0 Å². The minimum atomic E-state index is -0.874. The second-order valence-corrected chi connectivity index (χ2v) is 3.51. The summed E-state index contributed by atoms with van der Waals surface area (Å²) in [5.41, 5.74) is 6.75. The number of carboxylic acid groups (broad SMARTS) is 1. The molecule has 0 fully saturated rings. The van der Waals surface area contributed by atoms with Crippen molar-refractivity contribution in [2.45, 2.75) is 19.3 Å². The van der Waals surface area contributed by atoms with Crippen LogP contribution in [0, 0.1) is 0 Å². The third-order valence-corrected chi connectivity index (χ3v) is 2.37. The fourth-order valence-corrected chi connectivity index (χ4v) is 1.56. The van der Waals surface area contributed by atoms with Gasteiger partial charge in [-0.15, -0.1) is 0 Å². The third kappa shape index (κ3) is 2.17. The van der Waals surface area contributed by atoms with Crippen molar-refractivity contribution in [3.8, 4) is 0 Å². The van der Waals surface area contributed by atoms with Crippen molar-refractivity contribution >= 4 is 23.3 Å². The molecule has 0 aliphatic carbocycles. The molecule has 0 heterocycles. The highest BCUT2D eigenvalue weighted by Crippen LogP contribution is 2.28. The van der Waals surface area contributed by atoms with Crippen molar-refractivity contribution in [1.82, 2.24) is 0 Å². The zero-order valence-electron chi connectivity index (χ0n) is 7.83. The first-order valence-electron chi connectivity index (χ1n) is 4.34. The Kier molecular flexibility index (Phi) is 3.36. The highest BCUT2D eigenvalue weighted by Gasteiger charge is 2.19. The van der Waals surface area contributed by atoms with E-state index in [-0.39, 0.29) is 0 Å². The topological polar surface area (TPSA) is 63.3 Å². The smallest absolute Gasteiger partial charge is 0.311 e. The molecule has 0 amide bonds. The van der Waals surface area contributed by atoms with Gasteiger partial charge in [0.05, 0.1) is 5.92 Å². The van der Waals surface area contributed by atoms with Crippen LogP contribution in [0.25, 0.3) is 0 Å². The van der Waals surface area contributed by atoms with Crippen LogP contribution in [-0.4, -0.2) is 11.1 Å². The van der Waals surface area contributed by atoms with E-state index in [1.54, 1.807) is 25.1 Å². The van der Waals surface area contributed by atoms with Gasteiger partial charge in [-0.05, 0) is 30.2 Å². The highest BCUT2D eigenvalue weighted by molar-refractivity contribution is 6.30. The van der Waals surface area contributed by atoms with E-state index in [2.05, 4.69) is 0 Å². The number of anilines is 1. The van der Waals surface area contributed by atoms with Crippen LogP contribution >= 0.6 is 11.6 Å². The molecule has 4 heteroatoms.